The zero-order chi connectivity index (χ0) is 20.1. The minimum atomic E-state index is -1.18. The lowest BCUT2D eigenvalue weighted by Gasteiger charge is -2.16. The van der Waals surface area contributed by atoms with E-state index in [4.69, 9.17) is 4.74 Å². The first-order valence-corrected chi connectivity index (χ1v) is 9.04. The summed E-state index contributed by atoms with van der Waals surface area (Å²) < 4.78 is 19.7. The SMILES string of the molecule is CC(OC(=O)c1cncn1-c1ccc(F)cc1)C(=O)NC(=O)NC1CCCC1. The monoisotopic (exact) mass is 388 g/mol. The molecule has 3 rings (SSSR count). The Bertz CT molecular complexity index is 859. The van der Waals surface area contributed by atoms with Crippen molar-refractivity contribution in [3.8, 4) is 5.69 Å². The number of hydrogen-bond donors (Lipinski definition) is 2. The number of imidazole rings is 1. The smallest absolute Gasteiger partial charge is 0.357 e. The van der Waals surface area contributed by atoms with Gasteiger partial charge in [-0.2, -0.15) is 0 Å². The lowest BCUT2D eigenvalue weighted by atomic mass is 10.2. The predicted molar refractivity (Wildman–Crippen MR) is 97.3 cm³/mol. The summed E-state index contributed by atoms with van der Waals surface area (Å²) in [5, 5.41) is 4.90. The fraction of sp³-hybridized carbons (Fsp3) is 0.368. The van der Waals surface area contributed by atoms with Gasteiger partial charge in [-0.3, -0.25) is 14.7 Å². The summed E-state index contributed by atoms with van der Waals surface area (Å²) in [4.78, 5) is 40.3. The average Bonchev–Trinajstić information content (AvgIpc) is 3.33. The van der Waals surface area contributed by atoms with Crippen LogP contribution in [0.15, 0.2) is 36.8 Å². The number of ether oxygens (including phenoxy) is 1. The summed E-state index contributed by atoms with van der Waals surface area (Å²) in [5.41, 5.74) is 0.584. The van der Waals surface area contributed by atoms with Crippen molar-refractivity contribution in [3.05, 3.63) is 48.3 Å². The van der Waals surface area contributed by atoms with Gasteiger partial charge in [0, 0.05) is 11.7 Å². The maximum atomic E-state index is 13.1. The van der Waals surface area contributed by atoms with Gasteiger partial charge in [-0.05, 0) is 44.0 Å². The standard InChI is InChI=1S/C19H21FN4O4/c1-12(17(25)23-19(27)22-14-4-2-3-5-14)28-18(26)16-10-21-11-24(16)15-8-6-13(20)7-9-15/h6-12,14H,2-5H2,1H3,(H2,22,23,25,27). The van der Waals surface area contributed by atoms with Crippen molar-refractivity contribution in [3.63, 3.8) is 0 Å². The van der Waals surface area contributed by atoms with Gasteiger partial charge in [0.1, 0.15) is 5.82 Å². The van der Waals surface area contributed by atoms with E-state index in [-0.39, 0.29) is 11.7 Å². The van der Waals surface area contributed by atoms with Gasteiger partial charge in [-0.25, -0.2) is 19.0 Å². The number of nitrogens with one attached hydrogen (secondary N) is 2. The van der Waals surface area contributed by atoms with Crippen LogP contribution in [-0.2, 0) is 9.53 Å². The summed E-state index contributed by atoms with van der Waals surface area (Å²) in [5.74, 6) is -1.92. The number of esters is 1. The van der Waals surface area contributed by atoms with E-state index in [2.05, 4.69) is 15.6 Å². The van der Waals surface area contributed by atoms with E-state index in [0.29, 0.717) is 5.69 Å². The van der Waals surface area contributed by atoms with E-state index < -0.39 is 29.8 Å². The predicted octanol–water partition coefficient (Wildman–Crippen LogP) is 2.33. The normalized spacial score (nSPS) is 15.1. The van der Waals surface area contributed by atoms with Crippen LogP contribution in [0.25, 0.3) is 5.69 Å². The van der Waals surface area contributed by atoms with Crippen LogP contribution in [0.3, 0.4) is 0 Å². The van der Waals surface area contributed by atoms with Crippen molar-refractivity contribution in [2.75, 3.05) is 0 Å². The third-order valence-corrected chi connectivity index (χ3v) is 4.53. The van der Waals surface area contributed by atoms with E-state index in [1.54, 1.807) is 0 Å². The number of hydrogen-bond acceptors (Lipinski definition) is 5. The molecule has 1 aliphatic carbocycles. The Balaban J connectivity index is 1.58. The van der Waals surface area contributed by atoms with E-state index in [1.165, 1.54) is 48.3 Å². The molecule has 28 heavy (non-hydrogen) atoms. The molecule has 8 nitrogen and oxygen atoms in total. The molecule has 1 aromatic carbocycles. The number of urea groups is 1. The van der Waals surface area contributed by atoms with Gasteiger partial charge >= 0.3 is 12.0 Å². The number of halogens is 1. The van der Waals surface area contributed by atoms with Gasteiger partial charge in [0.25, 0.3) is 5.91 Å². The molecule has 2 N–H and O–H groups in total. The summed E-state index contributed by atoms with van der Waals surface area (Å²) >= 11 is 0. The molecular formula is C19H21FN4O4. The molecule has 1 fully saturated rings. The minimum absolute atomic E-state index is 0.0655. The van der Waals surface area contributed by atoms with Crippen molar-refractivity contribution in [2.24, 2.45) is 0 Å². The Labute approximate surface area is 161 Å². The second kappa shape index (κ2) is 8.64. The third-order valence-electron chi connectivity index (χ3n) is 4.53. The fourth-order valence-corrected chi connectivity index (χ4v) is 3.03. The van der Waals surface area contributed by atoms with Gasteiger partial charge in [0.2, 0.25) is 0 Å². The molecule has 9 heteroatoms. The van der Waals surface area contributed by atoms with Crippen molar-refractivity contribution < 1.29 is 23.5 Å². The molecule has 0 radical (unpaired) electrons. The number of carbonyl (C=O) groups is 3. The molecule has 148 valence electrons. The van der Waals surface area contributed by atoms with Crippen molar-refractivity contribution in [1.29, 1.82) is 0 Å². The molecule has 1 aromatic heterocycles. The molecule has 0 aliphatic heterocycles. The highest BCUT2D eigenvalue weighted by Gasteiger charge is 2.24. The maximum absolute atomic E-state index is 13.1. The van der Waals surface area contributed by atoms with E-state index >= 15 is 0 Å². The highest BCUT2D eigenvalue weighted by atomic mass is 19.1. The van der Waals surface area contributed by atoms with Crippen LogP contribution in [0, 0.1) is 5.82 Å². The van der Waals surface area contributed by atoms with Crippen molar-refractivity contribution in [2.45, 2.75) is 44.8 Å². The van der Waals surface area contributed by atoms with Crippen LogP contribution in [-0.4, -0.2) is 39.6 Å². The summed E-state index contributed by atoms with van der Waals surface area (Å²) in [6.07, 6.45) is 5.35. The Morgan fingerprint density at radius 2 is 1.89 bits per heavy atom. The Morgan fingerprint density at radius 3 is 2.57 bits per heavy atom. The molecule has 1 unspecified atom stereocenters. The third kappa shape index (κ3) is 4.73. The van der Waals surface area contributed by atoms with Crippen LogP contribution in [0.2, 0.25) is 0 Å². The van der Waals surface area contributed by atoms with E-state index in [0.717, 1.165) is 25.7 Å². The van der Waals surface area contributed by atoms with Crippen LogP contribution < -0.4 is 10.6 Å². The average molecular weight is 388 g/mol. The molecule has 2 aromatic rings. The lowest BCUT2D eigenvalue weighted by Crippen LogP contribution is -2.47. The molecule has 1 aliphatic rings. The van der Waals surface area contributed by atoms with Crippen molar-refractivity contribution >= 4 is 17.9 Å². The number of carbonyl (C=O) groups excluding carboxylic acids is 3. The van der Waals surface area contributed by atoms with Crippen molar-refractivity contribution in [1.82, 2.24) is 20.2 Å². The van der Waals surface area contributed by atoms with Crippen LogP contribution in [0.5, 0.6) is 0 Å². The fourth-order valence-electron chi connectivity index (χ4n) is 3.03. The number of rotatable bonds is 5. The van der Waals surface area contributed by atoms with Crippen LogP contribution in [0.4, 0.5) is 9.18 Å². The number of nitrogens with zero attached hydrogens (tertiary/aromatic N) is 2. The first kappa shape index (κ1) is 19.5. The van der Waals surface area contributed by atoms with Gasteiger partial charge in [-0.15, -0.1) is 0 Å². The van der Waals surface area contributed by atoms with Gasteiger partial charge in [0.15, 0.2) is 11.8 Å². The number of amides is 3. The minimum Gasteiger partial charge on any atom is -0.448 e. The molecule has 1 heterocycles. The summed E-state index contributed by atoms with van der Waals surface area (Å²) in [7, 11) is 0. The highest BCUT2D eigenvalue weighted by molar-refractivity contribution is 5.98. The first-order valence-electron chi connectivity index (χ1n) is 9.04. The highest BCUT2D eigenvalue weighted by Crippen LogP contribution is 2.17. The zero-order valence-electron chi connectivity index (χ0n) is 15.4. The molecule has 0 bridgehead atoms. The van der Waals surface area contributed by atoms with E-state index in [9.17, 15) is 18.8 Å². The van der Waals surface area contributed by atoms with Crippen LogP contribution >= 0.6 is 0 Å². The van der Waals surface area contributed by atoms with Crippen LogP contribution in [0.1, 0.15) is 43.1 Å². The molecule has 0 spiro atoms. The zero-order valence-corrected chi connectivity index (χ0v) is 15.4. The molecule has 1 atom stereocenters. The van der Waals surface area contributed by atoms with Gasteiger partial charge < -0.3 is 10.1 Å². The molecule has 3 amide bonds. The summed E-state index contributed by atoms with van der Waals surface area (Å²) in [6, 6.07) is 4.94. The Kier molecular flexibility index (Phi) is 6.03. The molecular weight excluding hydrogens is 367 g/mol. The number of aromatic nitrogens is 2. The van der Waals surface area contributed by atoms with Gasteiger partial charge in [-0.1, -0.05) is 12.8 Å². The largest absolute Gasteiger partial charge is 0.448 e. The number of benzene rings is 1. The first-order chi connectivity index (χ1) is 13.4. The topological polar surface area (TPSA) is 102 Å². The molecule has 0 saturated heterocycles. The van der Waals surface area contributed by atoms with E-state index in [1.807, 2.05) is 0 Å². The second-order valence-corrected chi connectivity index (χ2v) is 6.62. The second-order valence-electron chi connectivity index (χ2n) is 6.62. The Morgan fingerprint density at radius 1 is 1.21 bits per heavy atom. The van der Waals surface area contributed by atoms with Gasteiger partial charge in [0.05, 0.1) is 12.5 Å². The molecule has 1 saturated carbocycles. The summed E-state index contributed by atoms with van der Waals surface area (Å²) in [6.45, 7) is 1.37. The lowest BCUT2D eigenvalue weighted by molar-refractivity contribution is -0.127. The maximum Gasteiger partial charge on any atom is 0.357 e. The quantitative estimate of drug-likeness (QED) is 0.766. The number of imide groups is 1. The Hall–Kier alpha value is -3.23.